The number of rotatable bonds is 6. The topological polar surface area (TPSA) is 49.5 Å². The van der Waals surface area contributed by atoms with Crippen molar-refractivity contribution in [1.29, 1.82) is 0 Å². The van der Waals surface area contributed by atoms with Crippen LogP contribution in [0.15, 0.2) is 0 Å². The molecule has 1 saturated carbocycles. The van der Waals surface area contributed by atoms with Crippen LogP contribution < -0.4 is 5.73 Å². The van der Waals surface area contributed by atoms with Gasteiger partial charge in [-0.15, -0.1) is 0 Å². The summed E-state index contributed by atoms with van der Waals surface area (Å²) in [5.74, 6) is 0. The molecule has 1 unspecified atom stereocenters. The van der Waals surface area contributed by atoms with Crippen LogP contribution in [-0.4, -0.2) is 48.0 Å². The van der Waals surface area contributed by atoms with Crippen molar-refractivity contribution in [2.24, 2.45) is 5.73 Å². The summed E-state index contributed by atoms with van der Waals surface area (Å²) in [5, 5.41) is 8.85. The molecule has 1 aliphatic carbocycles. The van der Waals surface area contributed by atoms with E-state index in [1.807, 2.05) is 0 Å². The summed E-state index contributed by atoms with van der Waals surface area (Å²) in [7, 11) is 0. The van der Waals surface area contributed by atoms with Crippen molar-refractivity contribution in [3.8, 4) is 0 Å². The van der Waals surface area contributed by atoms with Crippen molar-refractivity contribution in [2.75, 3.05) is 19.7 Å². The minimum atomic E-state index is -4.26. The quantitative estimate of drug-likeness (QED) is 0.731. The number of aliphatic hydroxyl groups excluding tert-OH is 1. The molecule has 0 radical (unpaired) electrons. The molecule has 1 atom stereocenters. The molecule has 96 valence electrons. The summed E-state index contributed by atoms with van der Waals surface area (Å²) in [6.07, 6.45) is -1.81. The Labute approximate surface area is 93.4 Å². The zero-order valence-corrected chi connectivity index (χ0v) is 9.21. The Bertz CT molecular complexity index is 207. The fraction of sp³-hybridized carbons (Fsp3) is 1.00. The molecule has 0 aromatic heterocycles. The van der Waals surface area contributed by atoms with Crippen molar-refractivity contribution in [3.05, 3.63) is 0 Å². The van der Waals surface area contributed by atoms with Crippen LogP contribution in [0.4, 0.5) is 13.2 Å². The first-order chi connectivity index (χ1) is 7.50. The molecular weight excluding hydrogens is 221 g/mol. The Balaban J connectivity index is 2.69. The van der Waals surface area contributed by atoms with E-state index < -0.39 is 12.2 Å². The van der Waals surface area contributed by atoms with Crippen LogP contribution in [0.25, 0.3) is 0 Å². The molecule has 3 nitrogen and oxygen atoms in total. The number of nitrogens with two attached hydrogens (primary N) is 1. The standard InChI is InChI=1S/C10H19F3N2O/c11-10(12,13)9(4-5-14)15(6-7-16)8-2-1-3-8/h8-9,16H,1-7,14H2. The first kappa shape index (κ1) is 13.7. The minimum absolute atomic E-state index is 0.0127. The fourth-order valence-corrected chi connectivity index (χ4v) is 2.10. The molecular formula is C10H19F3N2O. The maximum absolute atomic E-state index is 12.8. The van der Waals surface area contributed by atoms with Crippen molar-refractivity contribution < 1.29 is 18.3 Å². The average Bonchev–Trinajstić information content (AvgIpc) is 2.09. The molecule has 0 saturated heterocycles. The van der Waals surface area contributed by atoms with Gasteiger partial charge in [0.05, 0.1) is 6.61 Å². The lowest BCUT2D eigenvalue weighted by Crippen LogP contribution is -2.54. The molecule has 6 heteroatoms. The molecule has 3 N–H and O–H groups in total. The van der Waals surface area contributed by atoms with Gasteiger partial charge in [-0.05, 0) is 25.8 Å². The van der Waals surface area contributed by atoms with Crippen LogP contribution in [-0.2, 0) is 0 Å². The summed E-state index contributed by atoms with van der Waals surface area (Å²) < 4.78 is 38.5. The second-order valence-corrected chi connectivity index (χ2v) is 4.18. The van der Waals surface area contributed by atoms with E-state index in [9.17, 15) is 13.2 Å². The third kappa shape index (κ3) is 3.33. The van der Waals surface area contributed by atoms with Gasteiger partial charge in [0.2, 0.25) is 0 Å². The summed E-state index contributed by atoms with van der Waals surface area (Å²) in [5.41, 5.74) is 5.23. The second kappa shape index (κ2) is 5.84. The first-order valence-electron chi connectivity index (χ1n) is 5.64. The Kier molecular flexibility index (Phi) is 5.01. The van der Waals surface area contributed by atoms with E-state index in [1.54, 1.807) is 0 Å². The van der Waals surface area contributed by atoms with E-state index in [0.29, 0.717) is 0 Å². The molecule has 0 aliphatic heterocycles. The number of hydrogen-bond donors (Lipinski definition) is 2. The first-order valence-corrected chi connectivity index (χ1v) is 5.64. The SMILES string of the molecule is NCCC(N(CCO)C1CCC1)C(F)(F)F. The lowest BCUT2D eigenvalue weighted by molar-refractivity contribution is -0.196. The normalized spacial score (nSPS) is 19.9. The van der Waals surface area contributed by atoms with E-state index in [4.69, 9.17) is 10.8 Å². The Morgan fingerprint density at radius 2 is 2.00 bits per heavy atom. The van der Waals surface area contributed by atoms with Gasteiger partial charge in [0, 0.05) is 12.6 Å². The van der Waals surface area contributed by atoms with E-state index in [0.717, 1.165) is 19.3 Å². The monoisotopic (exact) mass is 240 g/mol. The van der Waals surface area contributed by atoms with Gasteiger partial charge in [0.25, 0.3) is 0 Å². The molecule has 0 heterocycles. The number of alkyl halides is 3. The van der Waals surface area contributed by atoms with Crippen LogP contribution in [0, 0.1) is 0 Å². The van der Waals surface area contributed by atoms with Crippen molar-refractivity contribution in [3.63, 3.8) is 0 Å². The zero-order chi connectivity index (χ0) is 12.2. The van der Waals surface area contributed by atoms with Crippen molar-refractivity contribution in [2.45, 2.75) is 43.9 Å². The van der Waals surface area contributed by atoms with Gasteiger partial charge in [-0.25, -0.2) is 0 Å². The molecule has 1 fully saturated rings. The highest BCUT2D eigenvalue weighted by Gasteiger charge is 2.45. The van der Waals surface area contributed by atoms with Crippen molar-refractivity contribution >= 4 is 0 Å². The van der Waals surface area contributed by atoms with Crippen LogP contribution in [0.2, 0.25) is 0 Å². The highest BCUT2D eigenvalue weighted by molar-refractivity contribution is 4.88. The Hall–Kier alpha value is -0.330. The van der Waals surface area contributed by atoms with E-state index in [1.165, 1.54) is 4.90 Å². The number of hydrogen-bond acceptors (Lipinski definition) is 3. The predicted molar refractivity (Wildman–Crippen MR) is 54.9 cm³/mol. The molecule has 1 aliphatic rings. The van der Waals surface area contributed by atoms with Crippen LogP contribution in [0.1, 0.15) is 25.7 Å². The van der Waals surface area contributed by atoms with Gasteiger partial charge in [-0.1, -0.05) is 6.42 Å². The maximum atomic E-state index is 12.8. The van der Waals surface area contributed by atoms with Crippen LogP contribution >= 0.6 is 0 Å². The number of nitrogens with zero attached hydrogens (tertiary/aromatic N) is 1. The fourth-order valence-electron chi connectivity index (χ4n) is 2.10. The molecule has 0 amide bonds. The highest BCUT2D eigenvalue weighted by atomic mass is 19.4. The van der Waals surface area contributed by atoms with E-state index in [-0.39, 0.29) is 32.2 Å². The van der Waals surface area contributed by atoms with Crippen LogP contribution in [0.3, 0.4) is 0 Å². The highest BCUT2D eigenvalue weighted by Crippen LogP contribution is 2.33. The predicted octanol–water partition coefficient (Wildman–Crippen LogP) is 1.11. The Morgan fingerprint density at radius 3 is 2.31 bits per heavy atom. The summed E-state index contributed by atoms with van der Waals surface area (Å²) in [6.45, 7) is -0.151. The minimum Gasteiger partial charge on any atom is -0.395 e. The lowest BCUT2D eigenvalue weighted by Gasteiger charge is -2.42. The Morgan fingerprint density at radius 1 is 1.38 bits per heavy atom. The summed E-state index contributed by atoms with van der Waals surface area (Å²) in [4.78, 5) is 1.37. The van der Waals surface area contributed by atoms with E-state index >= 15 is 0 Å². The van der Waals surface area contributed by atoms with Crippen molar-refractivity contribution in [1.82, 2.24) is 4.90 Å². The molecule has 0 aromatic rings. The van der Waals surface area contributed by atoms with Gasteiger partial charge in [0.15, 0.2) is 0 Å². The lowest BCUT2D eigenvalue weighted by atomic mass is 9.89. The molecule has 0 spiro atoms. The van der Waals surface area contributed by atoms with Gasteiger partial charge < -0.3 is 10.8 Å². The second-order valence-electron chi connectivity index (χ2n) is 4.18. The molecule has 0 bridgehead atoms. The summed E-state index contributed by atoms with van der Waals surface area (Å²) in [6, 6.07) is -1.54. The van der Waals surface area contributed by atoms with Gasteiger partial charge in [-0.3, -0.25) is 4.90 Å². The zero-order valence-electron chi connectivity index (χ0n) is 9.21. The third-order valence-electron chi connectivity index (χ3n) is 3.12. The van der Waals surface area contributed by atoms with Crippen LogP contribution in [0.5, 0.6) is 0 Å². The number of halogens is 3. The van der Waals surface area contributed by atoms with E-state index in [2.05, 4.69) is 0 Å². The largest absolute Gasteiger partial charge is 0.404 e. The third-order valence-corrected chi connectivity index (χ3v) is 3.12. The molecule has 1 rings (SSSR count). The molecule has 0 aromatic carbocycles. The summed E-state index contributed by atoms with van der Waals surface area (Å²) >= 11 is 0. The van der Waals surface area contributed by atoms with Gasteiger partial charge >= 0.3 is 6.18 Å². The molecule has 16 heavy (non-hydrogen) atoms. The average molecular weight is 240 g/mol. The maximum Gasteiger partial charge on any atom is 0.404 e. The van der Waals surface area contributed by atoms with Gasteiger partial charge in [0.1, 0.15) is 6.04 Å². The smallest absolute Gasteiger partial charge is 0.395 e. The number of aliphatic hydroxyl groups is 1. The van der Waals surface area contributed by atoms with Gasteiger partial charge in [-0.2, -0.15) is 13.2 Å².